The van der Waals surface area contributed by atoms with E-state index in [1.165, 1.54) is 16.4 Å². The third-order valence-electron chi connectivity index (χ3n) is 4.17. The van der Waals surface area contributed by atoms with Gasteiger partial charge in [0.15, 0.2) is 0 Å². The first-order valence-corrected chi connectivity index (χ1v) is 8.87. The highest BCUT2D eigenvalue weighted by molar-refractivity contribution is 7.89. The molecule has 1 aliphatic carbocycles. The van der Waals surface area contributed by atoms with Gasteiger partial charge in [-0.2, -0.15) is 9.57 Å². The van der Waals surface area contributed by atoms with Crippen molar-refractivity contribution in [2.45, 2.75) is 44.0 Å². The Labute approximate surface area is 135 Å². The normalized spacial score (nSPS) is 16.1. The summed E-state index contributed by atoms with van der Waals surface area (Å²) in [6.45, 7) is 3.54. The summed E-state index contributed by atoms with van der Waals surface area (Å²) < 4.78 is 27.3. The van der Waals surface area contributed by atoms with Crippen LogP contribution in [-0.4, -0.2) is 30.2 Å². The van der Waals surface area contributed by atoms with Crippen LogP contribution in [0.3, 0.4) is 0 Å². The minimum absolute atomic E-state index is 0.0582. The molecule has 1 aromatic rings. The van der Waals surface area contributed by atoms with Gasteiger partial charge in [-0.25, -0.2) is 8.42 Å². The lowest BCUT2D eigenvalue weighted by Gasteiger charge is -2.28. The number of nitro groups is 1. The monoisotopic (exact) mass is 337 g/mol. The molecule has 1 aliphatic rings. The molecule has 0 unspecified atom stereocenters. The fourth-order valence-corrected chi connectivity index (χ4v) is 4.56. The molecule has 0 saturated heterocycles. The van der Waals surface area contributed by atoms with Gasteiger partial charge in [-0.1, -0.05) is 6.07 Å². The second kappa shape index (κ2) is 6.64. The second-order valence-electron chi connectivity index (χ2n) is 5.81. The zero-order chi connectivity index (χ0) is 17.2. The first-order valence-electron chi connectivity index (χ1n) is 7.43. The zero-order valence-electron chi connectivity index (χ0n) is 13.1. The first-order chi connectivity index (χ1) is 10.8. The quantitative estimate of drug-likeness (QED) is 0.562. The molecule has 1 aromatic carbocycles. The van der Waals surface area contributed by atoms with Crippen LogP contribution in [0.15, 0.2) is 23.1 Å². The zero-order valence-corrected chi connectivity index (χ0v) is 13.9. The number of non-ortho nitro benzene ring substituents is 1. The maximum atomic E-state index is 13.0. The summed E-state index contributed by atoms with van der Waals surface area (Å²) in [6, 6.07) is 5.58. The highest BCUT2D eigenvalue weighted by Gasteiger charge is 2.38. The van der Waals surface area contributed by atoms with Gasteiger partial charge in [0, 0.05) is 31.1 Å². The first kappa shape index (κ1) is 17.4. The number of nitro benzene ring substituents is 1. The van der Waals surface area contributed by atoms with Gasteiger partial charge >= 0.3 is 0 Å². The summed E-state index contributed by atoms with van der Waals surface area (Å²) in [7, 11) is -3.89. The van der Waals surface area contributed by atoms with Crippen LogP contribution in [-0.2, 0) is 10.0 Å². The van der Waals surface area contributed by atoms with Crippen LogP contribution in [0.2, 0.25) is 0 Å². The Hall–Kier alpha value is -1.98. The van der Waals surface area contributed by atoms with Crippen molar-refractivity contribution >= 4 is 15.7 Å². The Bertz CT molecular complexity index is 750. The van der Waals surface area contributed by atoms with Crippen LogP contribution in [0.4, 0.5) is 5.69 Å². The Morgan fingerprint density at radius 3 is 2.65 bits per heavy atom. The van der Waals surface area contributed by atoms with Crippen LogP contribution in [0.1, 0.15) is 31.7 Å². The van der Waals surface area contributed by atoms with E-state index in [4.69, 9.17) is 5.26 Å². The molecule has 0 amide bonds. The Morgan fingerprint density at radius 2 is 2.13 bits per heavy atom. The number of benzene rings is 1. The van der Waals surface area contributed by atoms with E-state index in [1.54, 1.807) is 6.92 Å². The largest absolute Gasteiger partial charge is 0.270 e. The summed E-state index contributed by atoms with van der Waals surface area (Å²) in [5.74, 6) is 0.294. The molecule has 0 bridgehead atoms. The van der Waals surface area contributed by atoms with Gasteiger partial charge in [0.2, 0.25) is 10.0 Å². The predicted octanol–water partition coefficient (Wildman–Crippen LogP) is 2.61. The van der Waals surface area contributed by atoms with Crippen LogP contribution < -0.4 is 0 Å². The molecular weight excluding hydrogens is 318 g/mol. The van der Waals surface area contributed by atoms with E-state index in [0.29, 0.717) is 11.5 Å². The van der Waals surface area contributed by atoms with E-state index in [0.717, 1.165) is 18.9 Å². The summed E-state index contributed by atoms with van der Waals surface area (Å²) in [5.41, 5.74) is 0.203. The Morgan fingerprint density at radius 1 is 1.48 bits per heavy atom. The molecule has 0 aromatic heterocycles. The molecule has 2 rings (SSSR count). The van der Waals surface area contributed by atoms with Crippen molar-refractivity contribution in [2.24, 2.45) is 5.92 Å². The van der Waals surface area contributed by atoms with Gasteiger partial charge in [0.05, 0.1) is 15.9 Å². The summed E-state index contributed by atoms with van der Waals surface area (Å²) >= 11 is 0. The molecule has 0 aliphatic heterocycles. The summed E-state index contributed by atoms with van der Waals surface area (Å²) in [5, 5.41) is 19.7. The third kappa shape index (κ3) is 3.68. The van der Waals surface area contributed by atoms with Crippen molar-refractivity contribution < 1.29 is 13.3 Å². The number of aryl methyl sites for hydroxylation is 1. The molecule has 124 valence electrons. The van der Waals surface area contributed by atoms with Crippen molar-refractivity contribution in [2.75, 3.05) is 6.54 Å². The Kier molecular flexibility index (Phi) is 5.02. The van der Waals surface area contributed by atoms with Crippen molar-refractivity contribution in [3.8, 4) is 6.07 Å². The topological polar surface area (TPSA) is 104 Å². The standard InChI is InChI=1S/C15H19N3O4S/c1-11-4-7-14(18(19)20)10-15(11)23(21,22)17(9-3-8-16)12(2)13-5-6-13/h4,7,10,12-13H,3,5-6,9H2,1-2H3/t12-/m1/s1. The highest BCUT2D eigenvalue weighted by atomic mass is 32.2. The number of nitriles is 1. The van der Waals surface area contributed by atoms with Gasteiger partial charge in [0.1, 0.15) is 0 Å². The molecule has 0 N–H and O–H groups in total. The summed E-state index contributed by atoms with van der Waals surface area (Å²) in [4.78, 5) is 10.3. The van der Waals surface area contributed by atoms with E-state index >= 15 is 0 Å². The molecule has 0 heterocycles. The molecular formula is C15H19N3O4S. The van der Waals surface area contributed by atoms with E-state index in [2.05, 4.69) is 0 Å². The molecule has 23 heavy (non-hydrogen) atoms. The molecule has 0 radical (unpaired) electrons. The minimum atomic E-state index is -3.89. The van der Waals surface area contributed by atoms with Gasteiger partial charge in [-0.05, 0) is 38.2 Å². The van der Waals surface area contributed by atoms with E-state index in [-0.39, 0.29) is 29.6 Å². The lowest BCUT2D eigenvalue weighted by atomic mass is 10.2. The number of nitrogens with zero attached hydrogens (tertiary/aromatic N) is 3. The fourth-order valence-electron chi connectivity index (χ4n) is 2.62. The van der Waals surface area contributed by atoms with Crippen LogP contribution in [0.25, 0.3) is 0 Å². The average molecular weight is 337 g/mol. The second-order valence-corrected chi connectivity index (χ2v) is 7.67. The third-order valence-corrected chi connectivity index (χ3v) is 6.30. The van der Waals surface area contributed by atoms with Gasteiger partial charge in [-0.15, -0.1) is 0 Å². The fraction of sp³-hybridized carbons (Fsp3) is 0.533. The van der Waals surface area contributed by atoms with Crippen molar-refractivity contribution in [3.05, 3.63) is 33.9 Å². The number of hydrogen-bond donors (Lipinski definition) is 0. The molecule has 8 heteroatoms. The molecule has 1 saturated carbocycles. The molecule has 1 atom stereocenters. The number of sulfonamides is 1. The molecule has 7 nitrogen and oxygen atoms in total. The van der Waals surface area contributed by atoms with Gasteiger partial charge in [-0.3, -0.25) is 10.1 Å². The maximum absolute atomic E-state index is 13.0. The molecule has 1 fully saturated rings. The molecule has 0 spiro atoms. The van der Waals surface area contributed by atoms with Crippen molar-refractivity contribution in [1.29, 1.82) is 5.26 Å². The van der Waals surface area contributed by atoms with Crippen LogP contribution >= 0.6 is 0 Å². The van der Waals surface area contributed by atoms with Gasteiger partial charge in [0.25, 0.3) is 5.69 Å². The van der Waals surface area contributed by atoms with E-state index in [1.807, 2.05) is 13.0 Å². The van der Waals surface area contributed by atoms with E-state index in [9.17, 15) is 18.5 Å². The van der Waals surface area contributed by atoms with Crippen molar-refractivity contribution in [3.63, 3.8) is 0 Å². The predicted molar refractivity (Wildman–Crippen MR) is 84.1 cm³/mol. The smallest absolute Gasteiger partial charge is 0.258 e. The maximum Gasteiger partial charge on any atom is 0.270 e. The lowest BCUT2D eigenvalue weighted by molar-refractivity contribution is -0.385. The number of rotatable bonds is 7. The van der Waals surface area contributed by atoms with Crippen LogP contribution in [0, 0.1) is 34.3 Å². The highest BCUT2D eigenvalue weighted by Crippen LogP contribution is 2.37. The summed E-state index contributed by atoms with van der Waals surface area (Å²) in [6.07, 6.45) is 2.02. The lowest BCUT2D eigenvalue weighted by Crippen LogP contribution is -2.40. The van der Waals surface area contributed by atoms with E-state index < -0.39 is 14.9 Å². The average Bonchev–Trinajstić information content (AvgIpc) is 3.31. The van der Waals surface area contributed by atoms with Gasteiger partial charge < -0.3 is 0 Å². The Balaban J connectivity index is 2.46. The van der Waals surface area contributed by atoms with Crippen molar-refractivity contribution in [1.82, 2.24) is 4.31 Å². The minimum Gasteiger partial charge on any atom is -0.258 e. The number of hydrogen-bond acceptors (Lipinski definition) is 5. The van der Waals surface area contributed by atoms with Crippen LogP contribution in [0.5, 0.6) is 0 Å². The SMILES string of the molecule is Cc1ccc([N+](=O)[O-])cc1S(=O)(=O)N(CCC#N)[C@H](C)C1CC1.